The topological polar surface area (TPSA) is 58.6 Å². The van der Waals surface area contributed by atoms with Gasteiger partial charge in [-0.25, -0.2) is 4.39 Å². The lowest BCUT2D eigenvalue weighted by Gasteiger charge is -2.20. The van der Waals surface area contributed by atoms with Gasteiger partial charge in [0.2, 0.25) is 0 Å². The third kappa shape index (κ3) is 5.23. The predicted octanol–water partition coefficient (Wildman–Crippen LogP) is 4.42. The highest BCUT2D eigenvalue weighted by Gasteiger charge is 2.18. The van der Waals surface area contributed by atoms with E-state index < -0.39 is 11.7 Å². The van der Waals surface area contributed by atoms with Crippen molar-refractivity contribution in [3.8, 4) is 5.75 Å². The van der Waals surface area contributed by atoms with Gasteiger partial charge in [-0.1, -0.05) is 48.5 Å². The van der Waals surface area contributed by atoms with Crippen molar-refractivity contribution in [2.24, 2.45) is 0 Å². The van der Waals surface area contributed by atoms with Gasteiger partial charge in [-0.2, -0.15) is 0 Å². The van der Waals surface area contributed by atoms with E-state index in [2.05, 4.69) is 5.32 Å². The van der Waals surface area contributed by atoms with E-state index in [-0.39, 0.29) is 18.2 Å². The highest BCUT2D eigenvalue weighted by Crippen LogP contribution is 2.21. The maximum atomic E-state index is 13.7. The lowest BCUT2D eigenvalue weighted by atomic mass is 10.1. The molecule has 3 aromatic carbocycles. The summed E-state index contributed by atoms with van der Waals surface area (Å²) in [6, 6.07) is 20.5. The number of halogens is 1. The van der Waals surface area contributed by atoms with Crippen molar-refractivity contribution in [3.05, 3.63) is 95.3 Å². The molecule has 30 heavy (non-hydrogen) atoms. The number of benzene rings is 3. The summed E-state index contributed by atoms with van der Waals surface area (Å²) < 4.78 is 19.2. The maximum absolute atomic E-state index is 13.7. The summed E-state index contributed by atoms with van der Waals surface area (Å²) in [5, 5.41) is 2.46. The van der Waals surface area contributed by atoms with Gasteiger partial charge in [-0.15, -0.1) is 0 Å². The van der Waals surface area contributed by atoms with E-state index in [9.17, 15) is 14.0 Å². The molecule has 0 heterocycles. The third-order valence-corrected chi connectivity index (χ3v) is 4.64. The highest BCUT2D eigenvalue weighted by atomic mass is 19.1. The van der Waals surface area contributed by atoms with Crippen molar-refractivity contribution in [1.82, 2.24) is 4.90 Å². The number of carbonyl (C=O) groups is 2. The highest BCUT2D eigenvalue weighted by molar-refractivity contribution is 5.97. The summed E-state index contributed by atoms with van der Waals surface area (Å²) >= 11 is 0. The van der Waals surface area contributed by atoms with Crippen LogP contribution in [-0.4, -0.2) is 30.4 Å². The number of aryl methyl sites for hydroxylation is 1. The number of nitrogens with one attached hydrogen (secondary N) is 1. The molecule has 0 saturated carbocycles. The lowest BCUT2D eigenvalue weighted by Crippen LogP contribution is -2.27. The molecule has 6 heteroatoms. The molecule has 2 amide bonds. The SMILES string of the molecule is Cc1ccccc1CN(C)C(=O)c1ccccc1OCC(=O)Nc1ccccc1F. The van der Waals surface area contributed by atoms with Crippen molar-refractivity contribution < 1.29 is 18.7 Å². The Balaban J connectivity index is 1.66. The second-order valence-corrected chi connectivity index (χ2v) is 6.90. The van der Waals surface area contributed by atoms with Crippen molar-refractivity contribution in [2.45, 2.75) is 13.5 Å². The largest absolute Gasteiger partial charge is 0.483 e. The molecule has 3 rings (SSSR count). The molecule has 0 aromatic heterocycles. The molecule has 0 spiro atoms. The zero-order chi connectivity index (χ0) is 21.5. The second kappa shape index (κ2) is 9.69. The normalized spacial score (nSPS) is 10.4. The minimum Gasteiger partial charge on any atom is -0.483 e. The Hall–Kier alpha value is -3.67. The summed E-state index contributed by atoms with van der Waals surface area (Å²) in [5.74, 6) is -0.971. The molecule has 0 bridgehead atoms. The molecular formula is C24H23FN2O3. The van der Waals surface area contributed by atoms with Gasteiger partial charge in [-0.05, 0) is 42.3 Å². The molecule has 0 aliphatic carbocycles. The molecule has 0 saturated heterocycles. The standard InChI is InChI=1S/C24H23FN2O3/c1-17-9-3-4-10-18(17)15-27(2)24(29)19-11-5-8-14-22(19)30-16-23(28)26-21-13-7-6-12-20(21)25/h3-14H,15-16H2,1-2H3,(H,26,28). The van der Waals surface area contributed by atoms with Crippen molar-refractivity contribution in [1.29, 1.82) is 0 Å². The summed E-state index contributed by atoms with van der Waals surface area (Å²) in [6.07, 6.45) is 0. The number of hydrogen-bond acceptors (Lipinski definition) is 3. The van der Waals surface area contributed by atoms with Crippen molar-refractivity contribution in [2.75, 3.05) is 19.0 Å². The first-order chi connectivity index (χ1) is 14.5. The summed E-state index contributed by atoms with van der Waals surface area (Å²) in [6.45, 7) is 2.10. The van der Waals surface area contributed by atoms with Gasteiger partial charge in [0.1, 0.15) is 11.6 Å². The first-order valence-electron chi connectivity index (χ1n) is 9.52. The maximum Gasteiger partial charge on any atom is 0.262 e. The van der Waals surface area contributed by atoms with Crippen LogP contribution in [0.2, 0.25) is 0 Å². The van der Waals surface area contributed by atoms with Crippen LogP contribution in [-0.2, 0) is 11.3 Å². The summed E-state index contributed by atoms with van der Waals surface area (Å²) in [7, 11) is 1.72. The van der Waals surface area contributed by atoms with Gasteiger partial charge in [0.25, 0.3) is 11.8 Å². The van der Waals surface area contributed by atoms with Crippen LogP contribution < -0.4 is 10.1 Å². The van der Waals surface area contributed by atoms with Crippen molar-refractivity contribution >= 4 is 17.5 Å². The average molecular weight is 406 g/mol. The molecule has 3 aromatic rings. The van der Waals surface area contributed by atoms with Gasteiger partial charge < -0.3 is 15.0 Å². The minimum atomic E-state index is -0.528. The first-order valence-corrected chi connectivity index (χ1v) is 9.52. The third-order valence-electron chi connectivity index (χ3n) is 4.64. The quantitative estimate of drug-likeness (QED) is 0.632. The van der Waals surface area contributed by atoms with Crippen LogP contribution in [0.5, 0.6) is 5.75 Å². The van der Waals surface area contributed by atoms with E-state index in [1.807, 2.05) is 31.2 Å². The minimum absolute atomic E-state index is 0.0772. The average Bonchev–Trinajstić information content (AvgIpc) is 2.75. The van der Waals surface area contributed by atoms with Gasteiger partial charge in [0, 0.05) is 13.6 Å². The number of hydrogen-bond donors (Lipinski definition) is 1. The van der Waals surface area contributed by atoms with E-state index in [1.54, 1.807) is 42.3 Å². The Kier molecular flexibility index (Phi) is 6.80. The molecular weight excluding hydrogens is 383 g/mol. The van der Waals surface area contributed by atoms with Crippen LogP contribution in [0.4, 0.5) is 10.1 Å². The van der Waals surface area contributed by atoms with E-state index in [0.717, 1.165) is 11.1 Å². The van der Waals surface area contributed by atoms with Gasteiger partial charge in [0.15, 0.2) is 6.61 Å². The van der Waals surface area contributed by atoms with Gasteiger partial charge >= 0.3 is 0 Å². The second-order valence-electron chi connectivity index (χ2n) is 6.90. The first kappa shape index (κ1) is 21.0. The summed E-state index contributed by atoms with van der Waals surface area (Å²) in [4.78, 5) is 26.7. The molecule has 1 N–H and O–H groups in total. The number of anilines is 1. The van der Waals surface area contributed by atoms with Crippen molar-refractivity contribution in [3.63, 3.8) is 0 Å². The Morgan fingerprint density at radius 1 is 0.967 bits per heavy atom. The fourth-order valence-corrected chi connectivity index (χ4v) is 2.98. The zero-order valence-corrected chi connectivity index (χ0v) is 16.9. The lowest BCUT2D eigenvalue weighted by molar-refractivity contribution is -0.118. The molecule has 154 valence electrons. The fourth-order valence-electron chi connectivity index (χ4n) is 2.98. The molecule has 0 unspecified atom stereocenters. The molecule has 0 fully saturated rings. The van der Waals surface area contributed by atoms with Gasteiger partial charge in [-0.3, -0.25) is 9.59 Å². The van der Waals surface area contributed by atoms with E-state index in [1.165, 1.54) is 18.2 Å². The number of nitrogens with zero attached hydrogens (tertiary/aromatic N) is 1. The Bertz CT molecular complexity index is 1050. The molecule has 0 aliphatic heterocycles. The van der Waals surface area contributed by atoms with Crippen LogP contribution in [0.1, 0.15) is 21.5 Å². The predicted molar refractivity (Wildman–Crippen MR) is 114 cm³/mol. The van der Waals surface area contributed by atoms with Crippen LogP contribution in [0.15, 0.2) is 72.8 Å². The number of ether oxygens (including phenoxy) is 1. The molecule has 0 atom stereocenters. The van der Waals surface area contributed by atoms with Crippen LogP contribution in [0.25, 0.3) is 0 Å². The van der Waals surface area contributed by atoms with E-state index in [0.29, 0.717) is 17.9 Å². The van der Waals surface area contributed by atoms with Crippen LogP contribution in [0, 0.1) is 12.7 Å². The smallest absolute Gasteiger partial charge is 0.262 e. The molecule has 0 aliphatic rings. The Morgan fingerprint density at radius 3 is 2.40 bits per heavy atom. The number of para-hydroxylation sites is 2. The van der Waals surface area contributed by atoms with Crippen LogP contribution in [0.3, 0.4) is 0 Å². The number of rotatable bonds is 7. The summed E-state index contributed by atoms with van der Waals surface area (Å²) in [5.41, 5.74) is 2.59. The number of carbonyl (C=O) groups excluding carboxylic acids is 2. The van der Waals surface area contributed by atoms with E-state index >= 15 is 0 Å². The molecule has 0 radical (unpaired) electrons. The van der Waals surface area contributed by atoms with E-state index in [4.69, 9.17) is 4.74 Å². The zero-order valence-electron chi connectivity index (χ0n) is 16.9. The molecule has 5 nitrogen and oxygen atoms in total. The monoisotopic (exact) mass is 406 g/mol. The Labute approximate surface area is 175 Å². The fraction of sp³-hybridized carbons (Fsp3) is 0.167. The van der Waals surface area contributed by atoms with Crippen LogP contribution >= 0.6 is 0 Å². The van der Waals surface area contributed by atoms with Gasteiger partial charge in [0.05, 0.1) is 11.3 Å². The Morgan fingerprint density at radius 2 is 1.63 bits per heavy atom. The number of amides is 2.